The molecule has 1 fully saturated rings. The number of piperidine rings is 1. The van der Waals surface area contributed by atoms with E-state index in [1.54, 1.807) is 32.4 Å². The van der Waals surface area contributed by atoms with Crippen LogP contribution in [0.5, 0.6) is 5.75 Å². The molecule has 5 nitrogen and oxygen atoms in total. The van der Waals surface area contributed by atoms with Gasteiger partial charge in [0.1, 0.15) is 5.75 Å². The molecule has 1 atom stereocenters. The van der Waals surface area contributed by atoms with Crippen molar-refractivity contribution >= 4 is 26.0 Å². The average molecular weight is 377 g/mol. The molecule has 1 aromatic carbocycles. The number of benzene rings is 1. The van der Waals surface area contributed by atoms with Crippen molar-refractivity contribution in [3.8, 4) is 5.75 Å². The maximum atomic E-state index is 12.6. The number of hydrogen-bond donors (Lipinski definition) is 1. The fourth-order valence-corrected chi connectivity index (χ4v) is 4.50. The van der Waals surface area contributed by atoms with E-state index in [1.807, 2.05) is 0 Å². The normalized spacial score (nSPS) is 19.7. The fraction of sp³-hybridized carbons (Fsp3) is 0.571. The van der Waals surface area contributed by atoms with Crippen LogP contribution in [0, 0.1) is 5.92 Å². The highest BCUT2D eigenvalue weighted by Gasteiger charge is 2.25. The first-order chi connectivity index (χ1) is 9.95. The van der Waals surface area contributed by atoms with E-state index in [4.69, 9.17) is 4.74 Å². The van der Waals surface area contributed by atoms with E-state index in [2.05, 4.69) is 21.2 Å². The average Bonchev–Trinajstić information content (AvgIpc) is 2.48. The van der Waals surface area contributed by atoms with Crippen LogP contribution < -0.4 is 10.1 Å². The minimum absolute atomic E-state index is 0.279. The molecule has 0 spiro atoms. The molecule has 7 heteroatoms. The molecule has 0 amide bonds. The first-order valence-electron chi connectivity index (χ1n) is 6.95. The third-order valence-corrected chi connectivity index (χ3v) is 6.18. The van der Waals surface area contributed by atoms with Gasteiger partial charge in [-0.05, 0) is 66.0 Å². The van der Waals surface area contributed by atoms with Crippen LogP contribution in [0.4, 0.5) is 0 Å². The summed E-state index contributed by atoms with van der Waals surface area (Å²) in [6.07, 6.45) is 2.17. The Labute approximate surface area is 134 Å². The maximum Gasteiger partial charge on any atom is 0.242 e. The molecule has 21 heavy (non-hydrogen) atoms. The van der Waals surface area contributed by atoms with Gasteiger partial charge in [0.15, 0.2) is 0 Å². The molecule has 0 radical (unpaired) electrons. The Kier molecular flexibility index (Phi) is 5.65. The first-order valence-corrected chi connectivity index (χ1v) is 9.19. The van der Waals surface area contributed by atoms with Gasteiger partial charge in [-0.15, -0.1) is 0 Å². The maximum absolute atomic E-state index is 12.6. The van der Waals surface area contributed by atoms with Crippen LogP contribution in [0.25, 0.3) is 0 Å². The summed E-state index contributed by atoms with van der Waals surface area (Å²) in [7, 11) is -0.273. The zero-order chi connectivity index (χ0) is 15.5. The van der Waals surface area contributed by atoms with Crippen molar-refractivity contribution in [2.75, 3.05) is 33.8 Å². The Hall–Kier alpha value is -0.630. The third-order valence-electron chi connectivity index (χ3n) is 3.75. The molecule has 0 aliphatic carbocycles. The number of hydrogen-bond acceptors (Lipinski definition) is 4. The summed E-state index contributed by atoms with van der Waals surface area (Å²) in [5.41, 5.74) is 0. The number of rotatable bonds is 5. The van der Waals surface area contributed by atoms with Crippen LogP contribution in [0.1, 0.15) is 12.8 Å². The van der Waals surface area contributed by atoms with Crippen molar-refractivity contribution in [1.29, 1.82) is 0 Å². The molecule has 1 heterocycles. The van der Waals surface area contributed by atoms with Crippen molar-refractivity contribution in [1.82, 2.24) is 9.62 Å². The van der Waals surface area contributed by atoms with Gasteiger partial charge in [0.25, 0.3) is 0 Å². The summed E-state index contributed by atoms with van der Waals surface area (Å²) in [5.74, 6) is 0.994. The number of methoxy groups -OCH3 is 1. The lowest BCUT2D eigenvalue weighted by molar-refractivity contribution is 0.314. The SMILES string of the molecule is COc1ccc(S(=O)(=O)N(C)CC2CCCNC2)cc1Br. The lowest BCUT2D eigenvalue weighted by Gasteiger charge is -2.27. The van der Waals surface area contributed by atoms with Gasteiger partial charge in [-0.25, -0.2) is 12.7 Å². The Bertz CT molecular complexity index is 586. The van der Waals surface area contributed by atoms with Crippen molar-refractivity contribution in [2.24, 2.45) is 5.92 Å². The van der Waals surface area contributed by atoms with Crippen LogP contribution in [-0.4, -0.2) is 46.5 Å². The van der Waals surface area contributed by atoms with Crippen LogP contribution in [0.3, 0.4) is 0 Å². The molecule has 2 rings (SSSR count). The Morgan fingerprint density at radius 3 is 2.81 bits per heavy atom. The smallest absolute Gasteiger partial charge is 0.242 e. The molecular formula is C14H21BrN2O3S. The molecule has 1 N–H and O–H groups in total. The summed E-state index contributed by atoms with van der Waals surface area (Å²) in [6.45, 7) is 2.45. The molecule has 118 valence electrons. The molecule has 1 unspecified atom stereocenters. The molecule has 0 bridgehead atoms. The quantitative estimate of drug-likeness (QED) is 0.854. The monoisotopic (exact) mass is 376 g/mol. The summed E-state index contributed by atoms with van der Waals surface area (Å²) in [4.78, 5) is 0.279. The molecule has 1 aliphatic rings. The van der Waals surface area contributed by atoms with Crippen LogP contribution in [-0.2, 0) is 10.0 Å². The topological polar surface area (TPSA) is 58.6 Å². The van der Waals surface area contributed by atoms with E-state index in [1.165, 1.54) is 4.31 Å². The van der Waals surface area contributed by atoms with Gasteiger partial charge in [0.05, 0.1) is 16.5 Å². The molecular weight excluding hydrogens is 356 g/mol. The highest BCUT2D eigenvalue weighted by molar-refractivity contribution is 9.10. The molecule has 0 saturated carbocycles. The Morgan fingerprint density at radius 1 is 1.48 bits per heavy atom. The minimum Gasteiger partial charge on any atom is -0.496 e. The van der Waals surface area contributed by atoms with Gasteiger partial charge < -0.3 is 10.1 Å². The van der Waals surface area contributed by atoms with E-state index in [-0.39, 0.29) is 4.90 Å². The highest BCUT2D eigenvalue weighted by atomic mass is 79.9. The third kappa shape index (κ3) is 3.97. The number of halogens is 1. The second kappa shape index (κ2) is 7.09. The van der Waals surface area contributed by atoms with Crippen LogP contribution in [0.15, 0.2) is 27.6 Å². The zero-order valence-electron chi connectivity index (χ0n) is 12.3. The van der Waals surface area contributed by atoms with Crippen molar-refractivity contribution in [3.05, 3.63) is 22.7 Å². The van der Waals surface area contributed by atoms with Crippen molar-refractivity contribution < 1.29 is 13.2 Å². The second-order valence-electron chi connectivity index (χ2n) is 5.29. The van der Waals surface area contributed by atoms with Gasteiger partial charge >= 0.3 is 0 Å². The summed E-state index contributed by atoms with van der Waals surface area (Å²) < 4.78 is 32.4. The van der Waals surface area contributed by atoms with E-state index >= 15 is 0 Å². The summed E-state index contributed by atoms with van der Waals surface area (Å²) >= 11 is 3.33. The molecule has 1 saturated heterocycles. The molecule has 1 aromatic rings. The van der Waals surface area contributed by atoms with E-state index in [0.717, 1.165) is 25.9 Å². The predicted molar refractivity (Wildman–Crippen MR) is 86.1 cm³/mol. The molecule has 1 aliphatic heterocycles. The first kappa shape index (κ1) is 16.7. The van der Waals surface area contributed by atoms with E-state index in [9.17, 15) is 8.42 Å². The lowest BCUT2D eigenvalue weighted by Crippen LogP contribution is -2.39. The van der Waals surface area contributed by atoms with Crippen LogP contribution >= 0.6 is 15.9 Å². The zero-order valence-corrected chi connectivity index (χ0v) is 14.7. The second-order valence-corrected chi connectivity index (χ2v) is 8.19. The number of sulfonamides is 1. The lowest BCUT2D eigenvalue weighted by atomic mass is 10.00. The fourth-order valence-electron chi connectivity index (χ4n) is 2.53. The number of nitrogens with one attached hydrogen (secondary N) is 1. The van der Waals surface area contributed by atoms with Crippen molar-refractivity contribution in [2.45, 2.75) is 17.7 Å². The van der Waals surface area contributed by atoms with Gasteiger partial charge in [0.2, 0.25) is 10.0 Å². The van der Waals surface area contributed by atoms with Crippen molar-refractivity contribution in [3.63, 3.8) is 0 Å². The standard InChI is InChI=1S/C14H21BrN2O3S/c1-17(10-11-4-3-7-16-9-11)21(18,19)12-5-6-14(20-2)13(15)8-12/h5-6,8,11,16H,3-4,7,9-10H2,1-2H3. The van der Waals surface area contributed by atoms with Gasteiger partial charge in [-0.1, -0.05) is 0 Å². The van der Waals surface area contributed by atoms with Gasteiger partial charge in [-0.3, -0.25) is 0 Å². The largest absolute Gasteiger partial charge is 0.496 e. The van der Waals surface area contributed by atoms with Crippen LogP contribution in [0.2, 0.25) is 0 Å². The number of ether oxygens (including phenoxy) is 1. The van der Waals surface area contributed by atoms with E-state index < -0.39 is 10.0 Å². The molecule has 0 aromatic heterocycles. The number of nitrogens with zero attached hydrogens (tertiary/aromatic N) is 1. The summed E-state index contributed by atoms with van der Waals surface area (Å²) in [5, 5.41) is 3.31. The minimum atomic E-state index is -3.47. The summed E-state index contributed by atoms with van der Waals surface area (Å²) in [6, 6.07) is 4.82. The van der Waals surface area contributed by atoms with Gasteiger partial charge in [-0.2, -0.15) is 0 Å². The van der Waals surface area contributed by atoms with Gasteiger partial charge in [0, 0.05) is 13.6 Å². The Morgan fingerprint density at radius 2 is 2.24 bits per heavy atom. The Balaban J connectivity index is 2.14. The predicted octanol–water partition coefficient (Wildman–Crippen LogP) is 2.08. The highest BCUT2D eigenvalue weighted by Crippen LogP contribution is 2.28. The van der Waals surface area contributed by atoms with E-state index in [0.29, 0.717) is 22.7 Å².